The first-order valence-corrected chi connectivity index (χ1v) is 4.95. The van der Waals surface area contributed by atoms with Crippen molar-refractivity contribution in [3.05, 3.63) is 35.9 Å². The van der Waals surface area contributed by atoms with Crippen molar-refractivity contribution in [2.45, 2.75) is 6.18 Å². The van der Waals surface area contributed by atoms with E-state index >= 15 is 0 Å². The van der Waals surface area contributed by atoms with Crippen LogP contribution >= 0.6 is 0 Å². The van der Waals surface area contributed by atoms with Crippen molar-refractivity contribution in [1.82, 2.24) is 9.97 Å². The normalized spacial score (nSPS) is 11.5. The Bertz CT molecular complexity index is 543. The predicted molar refractivity (Wildman–Crippen MR) is 61.3 cm³/mol. The first-order chi connectivity index (χ1) is 8.39. The van der Waals surface area contributed by atoms with E-state index < -0.39 is 23.4 Å². The highest BCUT2D eigenvalue weighted by molar-refractivity contribution is 5.63. The van der Waals surface area contributed by atoms with Gasteiger partial charge in [-0.15, -0.1) is 0 Å². The van der Waals surface area contributed by atoms with Crippen molar-refractivity contribution in [1.29, 1.82) is 0 Å². The lowest BCUT2D eigenvalue weighted by atomic mass is 10.2. The van der Waals surface area contributed by atoms with Gasteiger partial charge in [0.2, 0.25) is 0 Å². The minimum absolute atomic E-state index is 0.0681. The molecular formula is C11H9F3N4. The summed E-state index contributed by atoms with van der Waals surface area (Å²) >= 11 is 0. The molecular weight excluding hydrogens is 245 g/mol. The standard InChI is InChI=1S/C11H9F3N4/c12-11(13,14)7-8(15)17-10(18-9(7)16)6-4-2-1-3-5-6/h1-5H,(H4,15,16,17,18). The molecule has 0 aliphatic carbocycles. The van der Waals surface area contributed by atoms with Crippen molar-refractivity contribution in [2.75, 3.05) is 11.5 Å². The van der Waals surface area contributed by atoms with Crippen LogP contribution < -0.4 is 11.5 Å². The molecule has 0 atom stereocenters. The molecule has 18 heavy (non-hydrogen) atoms. The van der Waals surface area contributed by atoms with Gasteiger partial charge >= 0.3 is 6.18 Å². The minimum Gasteiger partial charge on any atom is -0.383 e. The van der Waals surface area contributed by atoms with Gasteiger partial charge in [0.25, 0.3) is 0 Å². The third-order valence-electron chi connectivity index (χ3n) is 2.28. The highest BCUT2D eigenvalue weighted by Gasteiger charge is 2.37. The molecule has 94 valence electrons. The molecule has 0 aliphatic rings. The molecule has 0 bridgehead atoms. The van der Waals surface area contributed by atoms with Gasteiger partial charge in [-0.3, -0.25) is 0 Å². The molecule has 0 aliphatic heterocycles. The lowest BCUT2D eigenvalue weighted by Crippen LogP contribution is -2.15. The SMILES string of the molecule is Nc1nc(-c2ccccc2)nc(N)c1C(F)(F)F. The number of rotatable bonds is 1. The van der Waals surface area contributed by atoms with E-state index in [9.17, 15) is 13.2 Å². The summed E-state index contributed by atoms with van der Waals surface area (Å²) in [5, 5.41) is 0. The van der Waals surface area contributed by atoms with Crippen molar-refractivity contribution in [3.8, 4) is 11.4 Å². The topological polar surface area (TPSA) is 77.8 Å². The van der Waals surface area contributed by atoms with E-state index in [1.807, 2.05) is 0 Å². The third-order valence-corrected chi connectivity index (χ3v) is 2.28. The van der Waals surface area contributed by atoms with Crippen molar-refractivity contribution in [3.63, 3.8) is 0 Å². The van der Waals surface area contributed by atoms with Crippen LogP contribution in [0.15, 0.2) is 30.3 Å². The molecule has 0 amide bonds. The molecule has 0 unspecified atom stereocenters. The van der Waals surface area contributed by atoms with Crippen LogP contribution in [0.5, 0.6) is 0 Å². The van der Waals surface area contributed by atoms with Crippen LogP contribution in [0.1, 0.15) is 5.56 Å². The molecule has 0 spiro atoms. The van der Waals surface area contributed by atoms with Crippen LogP contribution in [0.3, 0.4) is 0 Å². The van der Waals surface area contributed by atoms with Crippen LogP contribution in [0.2, 0.25) is 0 Å². The lowest BCUT2D eigenvalue weighted by Gasteiger charge is -2.12. The van der Waals surface area contributed by atoms with Crippen LogP contribution in [0, 0.1) is 0 Å². The van der Waals surface area contributed by atoms with Gasteiger partial charge < -0.3 is 11.5 Å². The number of nitrogen functional groups attached to an aromatic ring is 2. The van der Waals surface area contributed by atoms with Gasteiger partial charge in [-0.25, -0.2) is 9.97 Å². The number of hydrogen-bond donors (Lipinski definition) is 2. The quantitative estimate of drug-likeness (QED) is 0.818. The number of nitrogens with zero attached hydrogens (tertiary/aromatic N) is 2. The molecule has 4 nitrogen and oxygen atoms in total. The van der Waals surface area contributed by atoms with E-state index in [-0.39, 0.29) is 5.82 Å². The predicted octanol–water partition coefficient (Wildman–Crippen LogP) is 2.33. The Labute approximate surface area is 100 Å². The summed E-state index contributed by atoms with van der Waals surface area (Å²) in [4.78, 5) is 7.27. The van der Waals surface area contributed by atoms with Crippen LogP contribution in [0.4, 0.5) is 24.8 Å². The second-order valence-electron chi connectivity index (χ2n) is 3.56. The maximum absolute atomic E-state index is 12.6. The Morgan fingerprint density at radius 3 is 1.83 bits per heavy atom. The number of halogens is 3. The number of alkyl halides is 3. The Morgan fingerprint density at radius 2 is 1.39 bits per heavy atom. The van der Waals surface area contributed by atoms with Gasteiger partial charge in [0, 0.05) is 5.56 Å². The summed E-state index contributed by atoms with van der Waals surface area (Å²) < 4.78 is 37.8. The number of nitrogens with two attached hydrogens (primary N) is 2. The van der Waals surface area contributed by atoms with E-state index in [1.165, 1.54) is 0 Å². The molecule has 7 heteroatoms. The van der Waals surface area contributed by atoms with Gasteiger partial charge in [-0.2, -0.15) is 13.2 Å². The van der Waals surface area contributed by atoms with Gasteiger partial charge in [-0.1, -0.05) is 30.3 Å². The van der Waals surface area contributed by atoms with Crippen LogP contribution in [-0.4, -0.2) is 9.97 Å². The minimum atomic E-state index is -4.66. The Hall–Kier alpha value is -2.31. The van der Waals surface area contributed by atoms with Gasteiger partial charge in [0.15, 0.2) is 5.82 Å². The van der Waals surface area contributed by atoms with Crippen molar-refractivity contribution >= 4 is 11.6 Å². The molecule has 0 radical (unpaired) electrons. The Kier molecular flexibility index (Phi) is 2.82. The fraction of sp³-hybridized carbons (Fsp3) is 0.0909. The summed E-state index contributed by atoms with van der Waals surface area (Å²) in [6.07, 6.45) is -4.66. The summed E-state index contributed by atoms with van der Waals surface area (Å²) in [5.74, 6) is -1.28. The largest absolute Gasteiger partial charge is 0.423 e. The number of benzene rings is 1. The fourth-order valence-corrected chi connectivity index (χ4v) is 1.50. The average molecular weight is 254 g/mol. The maximum Gasteiger partial charge on any atom is 0.423 e. The van der Waals surface area contributed by atoms with Crippen LogP contribution in [-0.2, 0) is 6.18 Å². The molecule has 0 fully saturated rings. The fourth-order valence-electron chi connectivity index (χ4n) is 1.50. The number of aromatic nitrogens is 2. The molecule has 1 heterocycles. The van der Waals surface area contributed by atoms with E-state index in [1.54, 1.807) is 30.3 Å². The zero-order valence-corrected chi connectivity index (χ0v) is 9.07. The van der Waals surface area contributed by atoms with Crippen molar-refractivity contribution in [2.24, 2.45) is 0 Å². The molecule has 1 aromatic carbocycles. The van der Waals surface area contributed by atoms with E-state index in [4.69, 9.17) is 11.5 Å². The second-order valence-corrected chi connectivity index (χ2v) is 3.56. The zero-order chi connectivity index (χ0) is 13.3. The van der Waals surface area contributed by atoms with E-state index in [2.05, 4.69) is 9.97 Å². The first-order valence-electron chi connectivity index (χ1n) is 4.95. The third kappa shape index (κ3) is 2.20. The van der Waals surface area contributed by atoms with Crippen LogP contribution in [0.25, 0.3) is 11.4 Å². The molecule has 2 aromatic rings. The Morgan fingerprint density at radius 1 is 0.889 bits per heavy atom. The monoisotopic (exact) mass is 254 g/mol. The van der Waals surface area contributed by atoms with E-state index in [0.29, 0.717) is 5.56 Å². The molecule has 2 rings (SSSR count). The van der Waals surface area contributed by atoms with Gasteiger partial charge in [0.05, 0.1) is 0 Å². The average Bonchev–Trinajstić information content (AvgIpc) is 2.27. The number of hydrogen-bond acceptors (Lipinski definition) is 4. The van der Waals surface area contributed by atoms with E-state index in [0.717, 1.165) is 0 Å². The highest BCUT2D eigenvalue weighted by Crippen LogP contribution is 2.36. The zero-order valence-electron chi connectivity index (χ0n) is 9.07. The second kappa shape index (κ2) is 4.17. The number of anilines is 2. The highest BCUT2D eigenvalue weighted by atomic mass is 19.4. The van der Waals surface area contributed by atoms with Gasteiger partial charge in [-0.05, 0) is 0 Å². The summed E-state index contributed by atoms with van der Waals surface area (Å²) in [6, 6.07) is 8.49. The summed E-state index contributed by atoms with van der Waals surface area (Å²) in [6.45, 7) is 0. The first kappa shape index (κ1) is 12.2. The van der Waals surface area contributed by atoms with Crippen molar-refractivity contribution < 1.29 is 13.2 Å². The molecule has 4 N–H and O–H groups in total. The summed E-state index contributed by atoms with van der Waals surface area (Å²) in [5.41, 5.74) is 9.94. The smallest absolute Gasteiger partial charge is 0.383 e. The summed E-state index contributed by atoms with van der Waals surface area (Å²) in [7, 11) is 0. The lowest BCUT2D eigenvalue weighted by molar-refractivity contribution is -0.136. The van der Waals surface area contributed by atoms with Gasteiger partial charge in [0.1, 0.15) is 17.2 Å². The molecule has 0 saturated heterocycles. The molecule has 0 saturated carbocycles. The Balaban J connectivity index is 2.57. The molecule has 1 aromatic heterocycles. The maximum atomic E-state index is 12.6.